The summed E-state index contributed by atoms with van der Waals surface area (Å²) in [6.45, 7) is 3.66. The van der Waals surface area contributed by atoms with Gasteiger partial charge in [-0.15, -0.1) is 0 Å². The van der Waals surface area contributed by atoms with Crippen molar-refractivity contribution < 1.29 is 14.2 Å². The Balaban J connectivity index is 2.04. The van der Waals surface area contributed by atoms with E-state index in [0.717, 1.165) is 6.61 Å². The molecule has 2 saturated heterocycles. The smallest absolute Gasteiger partial charge is 0.112 e. The quantitative estimate of drug-likeness (QED) is 0.554. The largest absolute Gasteiger partial charge is 0.376 e. The molecule has 64 valence electrons. The first kappa shape index (κ1) is 7.53. The first-order valence-corrected chi connectivity index (χ1v) is 4.09. The maximum Gasteiger partial charge on any atom is 0.112 e. The predicted octanol–water partition coefficient (Wildman–Crippen LogP) is 0.435. The summed E-state index contributed by atoms with van der Waals surface area (Å²) in [5.41, 5.74) is 0. The average molecular weight is 158 g/mol. The zero-order valence-electron chi connectivity index (χ0n) is 6.95. The van der Waals surface area contributed by atoms with Crippen LogP contribution in [0.2, 0.25) is 0 Å². The molecule has 2 aliphatic heterocycles. The lowest BCUT2D eigenvalue weighted by Crippen LogP contribution is -2.29. The highest BCUT2D eigenvalue weighted by molar-refractivity contribution is 4.92. The molecule has 0 aromatic carbocycles. The summed E-state index contributed by atoms with van der Waals surface area (Å²) < 4.78 is 16.3. The van der Waals surface area contributed by atoms with Crippen LogP contribution in [0.4, 0.5) is 0 Å². The summed E-state index contributed by atoms with van der Waals surface area (Å²) in [6.07, 6.45) is 0.625. The third-order valence-electron chi connectivity index (χ3n) is 2.56. The van der Waals surface area contributed by atoms with Crippen LogP contribution in [0.3, 0.4) is 0 Å². The molecule has 2 rings (SSSR count). The lowest BCUT2D eigenvalue weighted by atomic mass is 10.0. The summed E-state index contributed by atoms with van der Waals surface area (Å²) in [7, 11) is 1.71. The standard InChI is InChI=1S/C8H14O3/c1-5-3-10-8-6(9-2)4-11-7(5)8/h5-8H,3-4H2,1-2H3/t5?,6-,7-,8-/m1/s1. The van der Waals surface area contributed by atoms with Gasteiger partial charge in [0, 0.05) is 13.0 Å². The molecule has 0 bridgehead atoms. The minimum absolute atomic E-state index is 0.157. The maximum atomic E-state index is 5.54. The van der Waals surface area contributed by atoms with Crippen LogP contribution in [0.15, 0.2) is 0 Å². The molecule has 11 heavy (non-hydrogen) atoms. The summed E-state index contributed by atoms with van der Waals surface area (Å²) in [5.74, 6) is 0.528. The number of hydrogen-bond donors (Lipinski definition) is 0. The molecule has 0 saturated carbocycles. The fraction of sp³-hybridized carbons (Fsp3) is 1.00. The predicted molar refractivity (Wildman–Crippen MR) is 39.4 cm³/mol. The van der Waals surface area contributed by atoms with Crippen molar-refractivity contribution in [3.05, 3.63) is 0 Å². The van der Waals surface area contributed by atoms with Crippen molar-refractivity contribution in [1.82, 2.24) is 0 Å². The van der Waals surface area contributed by atoms with Crippen molar-refractivity contribution in [2.45, 2.75) is 25.2 Å². The zero-order valence-corrected chi connectivity index (χ0v) is 6.95. The Kier molecular flexibility index (Phi) is 1.87. The van der Waals surface area contributed by atoms with Crippen LogP contribution < -0.4 is 0 Å². The molecular weight excluding hydrogens is 144 g/mol. The van der Waals surface area contributed by atoms with Gasteiger partial charge in [-0.25, -0.2) is 0 Å². The van der Waals surface area contributed by atoms with E-state index >= 15 is 0 Å². The van der Waals surface area contributed by atoms with Gasteiger partial charge in [0.25, 0.3) is 0 Å². The van der Waals surface area contributed by atoms with Crippen LogP contribution in [-0.2, 0) is 14.2 Å². The Morgan fingerprint density at radius 1 is 1.18 bits per heavy atom. The molecule has 1 unspecified atom stereocenters. The zero-order chi connectivity index (χ0) is 7.84. The van der Waals surface area contributed by atoms with Crippen LogP contribution >= 0.6 is 0 Å². The van der Waals surface area contributed by atoms with Crippen molar-refractivity contribution >= 4 is 0 Å². The third kappa shape index (κ3) is 1.08. The number of hydrogen-bond acceptors (Lipinski definition) is 3. The molecule has 0 amide bonds. The highest BCUT2D eigenvalue weighted by Crippen LogP contribution is 2.31. The van der Waals surface area contributed by atoms with Crippen molar-refractivity contribution in [1.29, 1.82) is 0 Å². The monoisotopic (exact) mass is 158 g/mol. The fourth-order valence-corrected chi connectivity index (χ4v) is 1.86. The molecule has 3 nitrogen and oxygen atoms in total. The third-order valence-corrected chi connectivity index (χ3v) is 2.56. The van der Waals surface area contributed by atoms with E-state index in [0.29, 0.717) is 12.5 Å². The van der Waals surface area contributed by atoms with Gasteiger partial charge in [-0.2, -0.15) is 0 Å². The van der Waals surface area contributed by atoms with E-state index in [1.807, 2.05) is 0 Å². The van der Waals surface area contributed by atoms with Gasteiger partial charge in [0.2, 0.25) is 0 Å². The Morgan fingerprint density at radius 3 is 2.64 bits per heavy atom. The number of rotatable bonds is 1. The highest BCUT2D eigenvalue weighted by Gasteiger charge is 2.45. The first-order valence-electron chi connectivity index (χ1n) is 4.09. The van der Waals surface area contributed by atoms with E-state index in [9.17, 15) is 0 Å². The van der Waals surface area contributed by atoms with Crippen LogP contribution in [-0.4, -0.2) is 38.6 Å². The van der Waals surface area contributed by atoms with Gasteiger partial charge in [0.1, 0.15) is 12.2 Å². The molecule has 4 atom stereocenters. The fourth-order valence-electron chi connectivity index (χ4n) is 1.86. The topological polar surface area (TPSA) is 27.7 Å². The van der Waals surface area contributed by atoms with Gasteiger partial charge >= 0.3 is 0 Å². The minimum atomic E-state index is 0.157. The molecule has 3 heteroatoms. The maximum absolute atomic E-state index is 5.54. The van der Waals surface area contributed by atoms with E-state index in [-0.39, 0.29) is 18.3 Å². The van der Waals surface area contributed by atoms with Crippen molar-refractivity contribution in [2.24, 2.45) is 5.92 Å². The molecule has 2 heterocycles. The van der Waals surface area contributed by atoms with Crippen LogP contribution in [0, 0.1) is 5.92 Å². The first-order chi connectivity index (χ1) is 5.33. The molecular formula is C8H14O3. The van der Waals surface area contributed by atoms with Gasteiger partial charge < -0.3 is 14.2 Å². The second-order valence-corrected chi connectivity index (χ2v) is 3.35. The molecule has 0 aromatic rings. The van der Waals surface area contributed by atoms with E-state index < -0.39 is 0 Å². The van der Waals surface area contributed by atoms with Gasteiger partial charge in [-0.3, -0.25) is 0 Å². The Labute approximate surface area is 66.6 Å². The normalized spacial score (nSPS) is 49.6. The van der Waals surface area contributed by atoms with Crippen LogP contribution in [0.1, 0.15) is 6.92 Å². The van der Waals surface area contributed by atoms with Crippen molar-refractivity contribution in [2.75, 3.05) is 20.3 Å². The SMILES string of the molecule is CO[C@@H]1CO[C@@H]2C(C)CO[C@@H]21. The second-order valence-electron chi connectivity index (χ2n) is 3.35. The molecule has 2 aliphatic rings. The van der Waals surface area contributed by atoms with Crippen LogP contribution in [0.5, 0.6) is 0 Å². The molecule has 0 aliphatic carbocycles. The Morgan fingerprint density at radius 2 is 1.91 bits per heavy atom. The van der Waals surface area contributed by atoms with E-state index in [1.54, 1.807) is 7.11 Å². The lowest BCUT2D eigenvalue weighted by Gasteiger charge is -2.13. The minimum Gasteiger partial charge on any atom is -0.376 e. The van der Waals surface area contributed by atoms with Crippen molar-refractivity contribution in [3.8, 4) is 0 Å². The molecule has 0 radical (unpaired) electrons. The molecule has 0 N–H and O–H groups in total. The van der Waals surface area contributed by atoms with E-state index in [1.165, 1.54) is 0 Å². The summed E-state index contributed by atoms with van der Waals surface area (Å²) in [4.78, 5) is 0. The van der Waals surface area contributed by atoms with Gasteiger partial charge in [0.15, 0.2) is 0 Å². The summed E-state index contributed by atoms with van der Waals surface area (Å²) in [6, 6.07) is 0. The summed E-state index contributed by atoms with van der Waals surface area (Å²) in [5, 5.41) is 0. The average Bonchev–Trinajstić information content (AvgIpc) is 2.53. The van der Waals surface area contributed by atoms with E-state index in [4.69, 9.17) is 14.2 Å². The molecule has 0 aromatic heterocycles. The van der Waals surface area contributed by atoms with E-state index in [2.05, 4.69) is 6.92 Å². The van der Waals surface area contributed by atoms with Gasteiger partial charge in [-0.1, -0.05) is 6.92 Å². The number of ether oxygens (including phenoxy) is 3. The highest BCUT2D eigenvalue weighted by atomic mass is 16.6. The Hall–Kier alpha value is -0.120. The second kappa shape index (κ2) is 2.73. The molecule has 2 fully saturated rings. The number of methoxy groups -OCH3 is 1. The van der Waals surface area contributed by atoms with Crippen molar-refractivity contribution in [3.63, 3.8) is 0 Å². The van der Waals surface area contributed by atoms with Gasteiger partial charge in [-0.05, 0) is 0 Å². The summed E-state index contributed by atoms with van der Waals surface area (Å²) >= 11 is 0. The molecule has 0 spiro atoms. The Bertz CT molecular complexity index is 148. The van der Waals surface area contributed by atoms with Gasteiger partial charge in [0.05, 0.1) is 19.3 Å². The van der Waals surface area contributed by atoms with Crippen LogP contribution in [0.25, 0.3) is 0 Å². The lowest BCUT2D eigenvalue weighted by molar-refractivity contribution is -0.00878. The number of fused-ring (bicyclic) bond motifs is 1.